The SMILES string of the molecule is CC(=O)N[C@@H]1[C@@H]2OC[C@@H](O2)[C@@H](O)[C@@H]1O. The maximum absolute atomic E-state index is 10.8. The molecule has 6 heteroatoms. The zero-order valence-electron chi connectivity index (χ0n) is 7.71. The van der Waals surface area contributed by atoms with Gasteiger partial charge in [0.15, 0.2) is 6.29 Å². The largest absolute Gasteiger partial charge is 0.388 e. The fourth-order valence-electron chi connectivity index (χ4n) is 1.79. The van der Waals surface area contributed by atoms with Crippen LogP contribution in [0.3, 0.4) is 0 Å². The van der Waals surface area contributed by atoms with Crippen molar-refractivity contribution in [2.75, 3.05) is 6.61 Å². The van der Waals surface area contributed by atoms with Crippen molar-refractivity contribution in [1.29, 1.82) is 0 Å². The molecule has 1 amide bonds. The number of ether oxygens (including phenoxy) is 2. The molecule has 0 aliphatic carbocycles. The first kappa shape index (κ1) is 9.85. The van der Waals surface area contributed by atoms with Gasteiger partial charge >= 0.3 is 0 Å². The van der Waals surface area contributed by atoms with Crippen molar-refractivity contribution in [3.8, 4) is 0 Å². The number of fused-ring (bicyclic) bond motifs is 2. The second kappa shape index (κ2) is 3.47. The van der Waals surface area contributed by atoms with Gasteiger partial charge in [-0.15, -0.1) is 0 Å². The number of carbonyl (C=O) groups is 1. The zero-order valence-corrected chi connectivity index (χ0v) is 7.71. The molecule has 0 aromatic heterocycles. The van der Waals surface area contributed by atoms with Gasteiger partial charge in [-0.2, -0.15) is 0 Å². The number of rotatable bonds is 1. The summed E-state index contributed by atoms with van der Waals surface area (Å²) in [5.41, 5.74) is 0. The van der Waals surface area contributed by atoms with Crippen molar-refractivity contribution in [3.05, 3.63) is 0 Å². The van der Waals surface area contributed by atoms with Crippen LogP contribution in [0.1, 0.15) is 6.92 Å². The first-order chi connectivity index (χ1) is 6.59. The molecule has 0 spiro atoms. The molecule has 6 nitrogen and oxygen atoms in total. The van der Waals surface area contributed by atoms with E-state index in [-0.39, 0.29) is 12.5 Å². The van der Waals surface area contributed by atoms with E-state index in [1.54, 1.807) is 0 Å². The van der Waals surface area contributed by atoms with Gasteiger partial charge in [0.2, 0.25) is 5.91 Å². The highest BCUT2D eigenvalue weighted by Crippen LogP contribution is 2.27. The number of aliphatic hydroxyl groups is 2. The first-order valence-electron chi connectivity index (χ1n) is 4.50. The molecule has 80 valence electrons. The summed E-state index contributed by atoms with van der Waals surface area (Å²) < 4.78 is 10.4. The Morgan fingerprint density at radius 2 is 2.14 bits per heavy atom. The summed E-state index contributed by atoms with van der Waals surface area (Å²) in [6, 6.07) is -0.693. The molecule has 2 rings (SSSR count). The van der Waals surface area contributed by atoms with E-state index in [2.05, 4.69) is 5.32 Å². The van der Waals surface area contributed by atoms with Crippen LogP contribution in [-0.2, 0) is 14.3 Å². The van der Waals surface area contributed by atoms with Crippen LogP contribution in [0.4, 0.5) is 0 Å². The molecule has 2 fully saturated rings. The first-order valence-corrected chi connectivity index (χ1v) is 4.50. The lowest BCUT2D eigenvalue weighted by atomic mass is 9.99. The fourth-order valence-corrected chi connectivity index (χ4v) is 1.79. The average molecular weight is 203 g/mol. The maximum atomic E-state index is 10.8. The number of nitrogens with one attached hydrogen (secondary N) is 1. The van der Waals surface area contributed by atoms with Gasteiger partial charge in [0.25, 0.3) is 0 Å². The van der Waals surface area contributed by atoms with Gasteiger partial charge in [-0.1, -0.05) is 0 Å². The maximum Gasteiger partial charge on any atom is 0.217 e. The van der Waals surface area contributed by atoms with Crippen LogP contribution in [0.5, 0.6) is 0 Å². The van der Waals surface area contributed by atoms with Gasteiger partial charge < -0.3 is 25.0 Å². The Bertz CT molecular complexity index is 246. The van der Waals surface area contributed by atoms with E-state index in [0.29, 0.717) is 0 Å². The molecule has 2 aliphatic heterocycles. The van der Waals surface area contributed by atoms with E-state index in [1.165, 1.54) is 6.92 Å². The molecule has 2 bridgehead atoms. The molecular weight excluding hydrogens is 190 g/mol. The Kier molecular flexibility index (Phi) is 2.44. The molecule has 3 N–H and O–H groups in total. The third-order valence-electron chi connectivity index (χ3n) is 2.50. The normalized spacial score (nSPS) is 46.4. The number of amides is 1. The molecule has 0 unspecified atom stereocenters. The number of hydrogen-bond donors (Lipinski definition) is 3. The molecule has 2 aliphatic rings. The lowest BCUT2D eigenvalue weighted by Crippen LogP contribution is -2.60. The van der Waals surface area contributed by atoms with Crippen molar-refractivity contribution in [2.24, 2.45) is 0 Å². The van der Waals surface area contributed by atoms with Crippen LogP contribution in [0.25, 0.3) is 0 Å². The van der Waals surface area contributed by atoms with Crippen molar-refractivity contribution < 1.29 is 24.5 Å². The molecule has 0 radical (unpaired) electrons. The number of aliphatic hydroxyl groups excluding tert-OH is 2. The Labute approximate surface area is 80.8 Å². The highest BCUT2D eigenvalue weighted by Gasteiger charge is 2.49. The lowest BCUT2D eigenvalue weighted by molar-refractivity contribution is -0.186. The topological polar surface area (TPSA) is 88.0 Å². The summed E-state index contributed by atoms with van der Waals surface area (Å²) >= 11 is 0. The van der Waals surface area contributed by atoms with Crippen LogP contribution >= 0.6 is 0 Å². The third kappa shape index (κ3) is 1.50. The van der Waals surface area contributed by atoms with Gasteiger partial charge in [-0.3, -0.25) is 4.79 Å². The molecule has 5 atom stereocenters. The molecule has 2 saturated heterocycles. The van der Waals surface area contributed by atoms with Crippen LogP contribution < -0.4 is 5.32 Å². The number of hydrogen-bond acceptors (Lipinski definition) is 5. The van der Waals surface area contributed by atoms with Crippen LogP contribution in [0, 0.1) is 0 Å². The van der Waals surface area contributed by atoms with E-state index in [0.717, 1.165) is 0 Å². The van der Waals surface area contributed by atoms with Crippen LogP contribution in [-0.4, -0.2) is 53.4 Å². The highest BCUT2D eigenvalue weighted by molar-refractivity contribution is 5.73. The van der Waals surface area contributed by atoms with Crippen molar-refractivity contribution in [1.82, 2.24) is 5.32 Å². The van der Waals surface area contributed by atoms with E-state index in [9.17, 15) is 15.0 Å². The van der Waals surface area contributed by atoms with Gasteiger partial charge in [0.1, 0.15) is 24.4 Å². The smallest absolute Gasteiger partial charge is 0.217 e. The predicted octanol–water partition coefficient (Wildman–Crippen LogP) is -2.03. The van der Waals surface area contributed by atoms with Crippen LogP contribution in [0.15, 0.2) is 0 Å². The minimum atomic E-state index is -1.04. The molecule has 0 saturated carbocycles. The Balaban J connectivity index is 2.10. The van der Waals surface area contributed by atoms with Gasteiger partial charge in [-0.25, -0.2) is 0 Å². The molecular formula is C8H13NO5. The summed E-state index contributed by atoms with van der Waals surface area (Å²) in [7, 11) is 0. The summed E-state index contributed by atoms with van der Waals surface area (Å²) in [5.74, 6) is -0.293. The minimum Gasteiger partial charge on any atom is -0.388 e. The summed E-state index contributed by atoms with van der Waals surface area (Å²) in [4.78, 5) is 10.8. The van der Waals surface area contributed by atoms with E-state index >= 15 is 0 Å². The predicted molar refractivity (Wildman–Crippen MR) is 44.2 cm³/mol. The summed E-state index contributed by atoms with van der Waals surface area (Å²) in [6.45, 7) is 1.58. The van der Waals surface area contributed by atoms with Crippen molar-refractivity contribution >= 4 is 5.91 Å². The van der Waals surface area contributed by atoms with Crippen molar-refractivity contribution in [2.45, 2.75) is 37.6 Å². The van der Waals surface area contributed by atoms with Gasteiger partial charge in [-0.05, 0) is 0 Å². The van der Waals surface area contributed by atoms with E-state index < -0.39 is 30.6 Å². The zero-order chi connectivity index (χ0) is 10.3. The second-order valence-electron chi connectivity index (χ2n) is 3.58. The second-order valence-corrected chi connectivity index (χ2v) is 3.58. The molecule has 0 aromatic carbocycles. The van der Waals surface area contributed by atoms with E-state index in [4.69, 9.17) is 9.47 Å². The highest BCUT2D eigenvalue weighted by atomic mass is 16.7. The quantitative estimate of drug-likeness (QED) is 0.457. The average Bonchev–Trinajstić information content (AvgIpc) is 2.55. The third-order valence-corrected chi connectivity index (χ3v) is 2.50. The molecule has 14 heavy (non-hydrogen) atoms. The van der Waals surface area contributed by atoms with Gasteiger partial charge in [0.05, 0.1) is 6.61 Å². The summed E-state index contributed by atoms with van der Waals surface area (Å²) in [5, 5.41) is 21.7. The van der Waals surface area contributed by atoms with Gasteiger partial charge in [0, 0.05) is 6.92 Å². The lowest BCUT2D eigenvalue weighted by Gasteiger charge is -2.35. The van der Waals surface area contributed by atoms with Crippen molar-refractivity contribution in [3.63, 3.8) is 0 Å². The van der Waals surface area contributed by atoms with Crippen LogP contribution in [0.2, 0.25) is 0 Å². The minimum absolute atomic E-state index is 0.249. The van der Waals surface area contributed by atoms with E-state index in [1.807, 2.05) is 0 Å². The Morgan fingerprint density at radius 1 is 1.43 bits per heavy atom. The molecule has 2 heterocycles. The Morgan fingerprint density at radius 3 is 2.79 bits per heavy atom. The monoisotopic (exact) mass is 203 g/mol. The Hall–Kier alpha value is -0.690. The fraction of sp³-hybridized carbons (Fsp3) is 0.875. The molecule has 0 aromatic rings. The standard InChI is InChI=1S/C8H13NO5/c1-3(10)9-5-7(12)6(11)4-2-13-8(5)14-4/h4-8,11-12H,2H2,1H3,(H,9,10)/t4-,5+,6-,7-,8-/m1/s1. The number of carbonyl (C=O) groups excluding carboxylic acids is 1. The summed E-state index contributed by atoms with van der Waals surface area (Å²) in [6.07, 6.45) is -3.18.